The van der Waals surface area contributed by atoms with E-state index in [9.17, 15) is 9.18 Å². The summed E-state index contributed by atoms with van der Waals surface area (Å²) in [5.41, 5.74) is 5.91. The van der Waals surface area contributed by atoms with Crippen molar-refractivity contribution in [3.63, 3.8) is 0 Å². The summed E-state index contributed by atoms with van der Waals surface area (Å²) in [6.07, 6.45) is 1.22. The fraction of sp³-hybridized carbons (Fsp3) is 0.533. The Morgan fingerprint density at radius 2 is 2.14 bits per heavy atom. The highest BCUT2D eigenvalue weighted by atomic mass is 35.5. The van der Waals surface area contributed by atoms with Crippen LogP contribution in [0.25, 0.3) is 0 Å². The van der Waals surface area contributed by atoms with Gasteiger partial charge in [-0.2, -0.15) is 0 Å². The third-order valence-electron chi connectivity index (χ3n) is 4.10. The van der Waals surface area contributed by atoms with E-state index in [2.05, 4.69) is 5.32 Å². The number of benzene rings is 1. The number of amides is 1. The summed E-state index contributed by atoms with van der Waals surface area (Å²) in [7, 11) is 0. The lowest BCUT2D eigenvalue weighted by molar-refractivity contribution is -0.136. The summed E-state index contributed by atoms with van der Waals surface area (Å²) >= 11 is 6.03. The van der Waals surface area contributed by atoms with Crippen molar-refractivity contribution in [2.75, 3.05) is 19.8 Å². The highest BCUT2D eigenvalue weighted by Crippen LogP contribution is 2.31. The largest absolute Gasteiger partial charge is 0.381 e. The number of hydrogen-bond donors (Lipinski definition) is 2. The molecule has 22 heavy (non-hydrogen) atoms. The van der Waals surface area contributed by atoms with Crippen molar-refractivity contribution in [2.45, 2.75) is 25.8 Å². The van der Waals surface area contributed by atoms with Crippen LogP contribution in [0.1, 0.15) is 31.4 Å². The van der Waals surface area contributed by atoms with Gasteiger partial charge in [0.1, 0.15) is 5.82 Å². The van der Waals surface area contributed by atoms with E-state index in [4.69, 9.17) is 22.1 Å². The molecule has 0 aliphatic carbocycles. The maximum atomic E-state index is 13.1. The van der Waals surface area contributed by atoms with E-state index < -0.39 is 11.2 Å². The van der Waals surface area contributed by atoms with E-state index in [1.807, 2.05) is 6.92 Å². The van der Waals surface area contributed by atoms with Crippen LogP contribution in [-0.4, -0.2) is 25.7 Å². The number of carbonyl (C=O) groups is 1. The van der Waals surface area contributed by atoms with Gasteiger partial charge in [-0.15, -0.1) is 12.4 Å². The van der Waals surface area contributed by atoms with Crippen molar-refractivity contribution in [3.8, 4) is 0 Å². The molecule has 1 amide bonds. The van der Waals surface area contributed by atoms with Gasteiger partial charge in [0.15, 0.2) is 0 Å². The number of halogens is 3. The Labute approximate surface area is 140 Å². The topological polar surface area (TPSA) is 64.4 Å². The molecule has 1 aromatic carbocycles. The zero-order valence-electron chi connectivity index (χ0n) is 12.4. The predicted octanol–water partition coefficient (Wildman–Crippen LogP) is 2.83. The third-order valence-corrected chi connectivity index (χ3v) is 4.43. The zero-order chi connectivity index (χ0) is 15.5. The van der Waals surface area contributed by atoms with Gasteiger partial charge >= 0.3 is 0 Å². The summed E-state index contributed by atoms with van der Waals surface area (Å²) in [5, 5.41) is 3.24. The molecule has 1 atom stereocenters. The first-order valence-electron chi connectivity index (χ1n) is 7.02. The molecule has 3 N–H and O–H groups in total. The van der Waals surface area contributed by atoms with Gasteiger partial charge in [-0.25, -0.2) is 4.39 Å². The third kappa shape index (κ3) is 4.10. The maximum absolute atomic E-state index is 13.1. The fourth-order valence-corrected chi connectivity index (χ4v) is 2.90. The standard InChI is InChI=1S/C15H20ClFN2O2.ClH/c1-10(12-3-2-11(17)8-13(12)16)19-14(20)15(9-18)4-6-21-7-5-15;/h2-3,8,10H,4-7,9,18H2,1H3,(H,19,20);1H. The van der Waals surface area contributed by atoms with E-state index >= 15 is 0 Å². The molecule has 0 bridgehead atoms. The van der Waals surface area contributed by atoms with Crippen LogP contribution in [0.3, 0.4) is 0 Å². The van der Waals surface area contributed by atoms with Gasteiger partial charge in [0.05, 0.1) is 11.5 Å². The second-order valence-electron chi connectivity index (χ2n) is 5.46. The van der Waals surface area contributed by atoms with Gasteiger partial charge in [-0.3, -0.25) is 4.79 Å². The zero-order valence-corrected chi connectivity index (χ0v) is 14.0. The molecule has 1 saturated heterocycles. The molecule has 124 valence electrons. The summed E-state index contributed by atoms with van der Waals surface area (Å²) in [6.45, 7) is 3.18. The second-order valence-corrected chi connectivity index (χ2v) is 5.87. The molecule has 1 aliphatic heterocycles. The summed E-state index contributed by atoms with van der Waals surface area (Å²) in [5.74, 6) is -0.494. The van der Waals surface area contributed by atoms with E-state index in [1.165, 1.54) is 12.1 Å². The number of carbonyl (C=O) groups excluding carboxylic acids is 1. The van der Waals surface area contributed by atoms with Crippen LogP contribution in [0.2, 0.25) is 5.02 Å². The molecule has 1 aromatic rings. The van der Waals surface area contributed by atoms with Crippen LogP contribution in [0.5, 0.6) is 0 Å². The summed E-state index contributed by atoms with van der Waals surface area (Å²) in [4.78, 5) is 12.5. The van der Waals surface area contributed by atoms with Crippen molar-refractivity contribution in [3.05, 3.63) is 34.6 Å². The molecular formula is C15H21Cl2FN2O2. The molecule has 1 unspecified atom stereocenters. The second kappa shape index (κ2) is 8.11. The van der Waals surface area contributed by atoms with Crippen molar-refractivity contribution in [1.29, 1.82) is 0 Å². The molecule has 1 heterocycles. The van der Waals surface area contributed by atoms with Crippen LogP contribution in [0.4, 0.5) is 4.39 Å². The van der Waals surface area contributed by atoms with E-state index in [0.717, 1.165) is 0 Å². The molecule has 0 saturated carbocycles. The van der Waals surface area contributed by atoms with Gasteiger partial charge in [0.2, 0.25) is 5.91 Å². The van der Waals surface area contributed by atoms with Gasteiger partial charge in [-0.1, -0.05) is 17.7 Å². The van der Waals surface area contributed by atoms with Crippen molar-refractivity contribution < 1.29 is 13.9 Å². The van der Waals surface area contributed by atoms with Gasteiger partial charge < -0.3 is 15.8 Å². The molecular weight excluding hydrogens is 330 g/mol. The first-order valence-corrected chi connectivity index (χ1v) is 7.40. The van der Waals surface area contributed by atoms with Crippen LogP contribution in [-0.2, 0) is 9.53 Å². The molecule has 1 aliphatic rings. The number of rotatable bonds is 4. The van der Waals surface area contributed by atoms with Crippen LogP contribution in [0.15, 0.2) is 18.2 Å². The van der Waals surface area contributed by atoms with Crippen LogP contribution >= 0.6 is 24.0 Å². The lowest BCUT2D eigenvalue weighted by Crippen LogP contribution is -2.49. The Morgan fingerprint density at radius 1 is 1.50 bits per heavy atom. The summed E-state index contributed by atoms with van der Waals surface area (Å²) in [6, 6.07) is 3.85. The molecule has 7 heteroatoms. The lowest BCUT2D eigenvalue weighted by atomic mass is 9.79. The summed E-state index contributed by atoms with van der Waals surface area (Å²) < 4.78 is 18.4. The molecule has 1 fully saturated rings. The van der Waals surface area contributed by atoms with E-state index in [1.54, 1.807) is 6.07 Å². The quantitative estimate of drug-likeness (QED) is 0.877. The fourth-order valence-electron chi connectivity index (χ4n) is 2.57. The Hall–Kier alpha value is -0.880. The number of hydrogen-bond acceptors (Lipinski definition) is 3. The van der Waals surface area contributed by atoms with Gasteiger partial charge in [-0.05, 0) is 37.5 Å². The molecule has 4 nitrogen and oxygen atoms in total. The first-order chi connectivity index (χ1) is 9.98. The van der Waals surface area contributed by atoms with Crippen molar-refractivity contribution in [1.82, 2.24) is 5.32 Å². The molecule has 0 aromatic heterocycles. The minimum Gasteiger partial charge on any atom is -0.381 e. The number of nitrogens with two attached hydrogens (primary N) is 1. The minimum atomic E-state index is -0.584. The first kappa shape index (κ1) is 19.2. The van der Waals surface area contributed by atoms with E-state index in [-0.39, 0.29) is 30.9 Å². The van der Waals surface area contributed by atoms with E-state index in [0.29, 0.717) is 36.6 Å². The molecule has 0 radical (unpaired) electrons. The monoisotopic (exact) mass is 350 g/mol. The lowest BCUT2D eigenvalue weighted by Gasteiger charge is -2.35. The van der Waals surface area contributed by atoms with Crippen molar-refractivity contribution in [2.24, 2.45) is 11.1 Å². The molecule has 2 rings (SSSR count). The Kier molecular flexibility index (Phi) is 7.06. The van der Waals surface area contributed by atoms with Gasteiger partial charge in [0.25, 0.3) is 0 Å². The highest BCUT2D eigenvalue weighted by Gasteiger charge is 2.39. The number of nitrogens with one attached hydrogen (secondary N) is 1. The predicted molar refractivity (Wildman–Crippen MR) is 86.8 cm³/mol. The number of ether oxygens (including phenoxy) is 1. The Bertz CT molecular complexity index is 522. The molecule has 0 spiro atoms. The van der Waals surface area contributed by atoms with Crippen LogP contribution < -0.4 is 11.1 Å². The normalized spacial score (nSPS) is 18.2. The smallest absolute Gasteiger partial charge is 0.228 e. The average Bonchev–Trinajstić information content (AvgIpc) is 2.47. The Morgan fingerprint density at radius 3 is 2.68 bits per heavy atom. The average molecular weight is 351 g/mol. The Balaban J connectivity index is 0.00000242. The minimum absolute atomic E-state index is 0. The van der Waals surface area contributed by atoms with Crippen molar-refractivity contribution >= 4 is 29.9 Å². The maximum Gasteiger partial charge on any atom is 0.228 e. The van der Waals surface area contributed by atoms with Gasteiger partial charge in [0, 0.05) is 24.8 Å². The SMILES string of the molecule is CC(NC(=O)C1(CN)CCOCC1)c1ccc(F)cc1Cl.Cl. The van der Waals surface area contributed by atoms with Crippen LogP contribution in [0, 0.1) is 11.2 Å². The highest BCUT2D eigenvalue weighted by molar-refractivity contribution is 6.31.